The van der Waals surface area contributed by atoms with Crippen LogP contribution in [0.1, 0.15) is 30.0 Å². The minimum absolute atomic E-state index is 0.0185. The zero-order chi connectivity index (χ0) is 19.3. The van der Waals surface area contributed by atoms with Crippen LogP contribution in [0.2, 0.25) is 0 Å². The lowest BCUT2D eigenvalue weighted by Gasteiger charge is -2.30. The van der Waals surface area contributed by atoms with Crippen LogP contribution in [-0.2, 0) is 16.6 Å². The molecule has 2 saturated heterocycles. The second-order valence-electron chi connectivity index (χ2n) is 8.60. The Morgan fingerprint density at radius 2 is 1.93 bits per heavy atom. The van der Waals surface area contributed by atoms with Gasteiger partial charge in [0.2, 0.25) is 10.0 Å². The first-order valence-corrected chi connectivity index (χ1v) is 11.8. The topological polar surface area (TPSA) is 58.4 Å². The van der Waals surface area contributed by atoms with Gasteiger partial charge in [-0.1, -0.05) is 24.3 Å². The van der Waals surface area contributed by atoms with Crippen LogP contribution in [0.4, 0.5) is 0 Å². The molecule has 3 atom stereocenters. The van der Waals surface area contributed by atoms with Crippen molar-refractivity contribution in [2.24, 2.45) is 11.8 Å². The van der Waals surface area contributed by atoms with E-state index < -0.39 is 10.0 Å². The number of benzene rings is 1. The summed E-state index contributed by atoms with van der Waals surface area (Å²) in [6, 6.07) is 8.30. The van der Waals surface area contributed by atoms with Crippen molar-refractivity contribution in [3.8, 4) is 0 Å². The SMILES string of the molecule is Cc1ccccc1[C@@H]1[C@H]2CN(CCn3ccnc3)C[C@H]2CN1S(=O)(=O)C1CC1. The Labute approximate surface area is 167 Å². The zero-order valence-corrected chi connectivity index (χ0v) is 17.1. The number of sulfonamides is 1. The van der Waals surface area contributed by atoms with Crippen molar-refractivity contribution in [2.75, 3.05) is 26.2 Å². The molecule has 7 heteroatoms. The average Bonchev–Trinajstić information content (AvgIpc) is 3.11. The van der Waals surface area contributed by atoms with Crippen molar-refractivity contribution >= 4 is 10.0 Å². The van der Waals surface area contributed by atoms with E-state index in [1.807, 2.05) is 35.2 Å². The van der Waals surface area contributed by atoms with Crippen molar-refractivity contribution in [1.82, 2.24) is 18.8 Å². The molecule has 3 fully saturated rings. The van der Waals surface area contributed by atoms with Crippen LogP contribution in [-0.4, -0.2) is 58.6 Å². The molecule has 0 unspecified atom stereocenters. The summed E-state index contributed by atoms with van der Waals surface area (Å²) in [5.41, 5.74) is 2.39. The summed E-state index contributed by atoms with van der Waals surface area (Å²) in [5.74, 6) is 0.790. The van der Waals surface area contributed by atoms with Gasteiger partial charge in [-0.2, -0.15) is 4.31 Å². The maximum absolute atomic E-state index is 13.2. The molecule has 2 aliphatic heterocycles. The summed E-state index contributed by atoms with van der Waals surface area (Å²) in [5, 5.41) is -0.143. The monoisotopic (exact) mass is 400 g/mol. The number of likely N-dealkylation sites (tertiary alicyclic amines) is 1. The van der Waals surface area contributed by atoms with Gasteiger partial charge in [0, 0.05) is 45.1 Å². The molecule has 0 spiro atoms. The number of aromatic nitrogens is 2. The number of rotatable bonds is 6. The van der Waals surface area contributed by atoms with Crippen molar-refractivity contribution in [3.63, 3.8) is 0 Å². The van der Waals surface area contributed by atoms with Gasteiger partial charge in [-0.3, -0.25) is 0 Å². The molecule has 5 rings (SSSR count). The van der Waals surface area contributed by atoms with Gasteiger partial charge in [0.05, 0.1) is 17.6 Å². The van der Waals surface area contributed by atoms with Crippen molar-refractivity contribution in [2.45, 2.75) is 37.6 Å². The van der Waals surface area contributed by atoms with E-state index in [0.717, 1.165) is 39.0 Å². The van der Waals surface area contributed by atoms with Crippen LogP contribution in [0.25, 0.3) is 0 Å². The van der Waals surface area contributed by atoms with Gasteiger partial charge in [-0.15, -0.1) is 0 Å². The molecule has 150 valence electrons. The summed E-state index contributed by atoms with van der Waals surface area (Å²) in [4.78, 5) is 6.62. The van der Waals surface area contributed by atoms with Gasteiger partial charge < -0.3 is 9.47 Å². The minimum Gasteiger partial charge on any atom is -0.336 e. The number of aryl methyl sites for hydroxylation is 1. The second-order valence-corrected chi connectivity index (χ2v) is 10.8. The first-order valence-electron chi connectivity index (χ1n) is 10.3. The van der Waals surface area contributed by atoms with E-state index in [9.17, 15) is 8.42 Å². The van der Waals surface area contributed by atoms with Crippen molar-refractivity contribution < 1.29 is 8.42 Å². The summed E-state index contributed by atoms with van der Waals surface area (Å²) >= 11 is 0. The standard InChI is InChI=1S/C21H28N4O2S/c1-16-4-2-3-5-19(16)21-20-14-24(11-10-23-9-8-22-15-23)12-17(20)13-25(21)28(26,27)18-6-7-18/h2-5,8-9,15,17-18,20-21H,6-7,10-14H2,1H3/t17-,20-,21+/m0/s1. The van der Waals surface area contributed by atoms with E-state index in [0.29, 0.717) is 18.4 Å². The molecule has 0 N–H and O–H groups in total. The van der Waals surface area contributed by atoms with Gasteiger partial charge in [0.25, 0.3) is 0 Å². The van der Waals surface area contributed by atoms with E-state index in [1.165, 1.54) is 11.1 Å². The summed E-state index contributed by atoms with van der Waals surface area (Å²) in [6.07, 6.45) is 7.32. The maximum atomic E-state index is 13.2. The van der Waals surface area contributed by atoms with Crippen LogP contribution in [0.3, 0.4) is 0 Å². The maximum Gasteiger partial charge on any atom is 0.217 e. The lowest BCUT2D eigenvalue weighted by atomic mass is 9.88. The summed E-state index contributed by atoms with van der Waals surface area (Å²) in [7, 11) is -3.18. The Bertz CT molecular complexity index is 939. The highest BCUT2D eigenvalue weighted by Gasteiger charge is 2.54. The molecule has 6 nitrogen and oxygen atoms in total. The normalized spacial score (nSPS) is 28.7. The van der Waals surface area contributed by atoms with E-state index in [2.05, 4.69) is 33.5 Å². The van der Waals surface area contributed by atoms with E-state index in [-0.39, 0.29) is 11.3 Å². The molecular formula is C21H28N4O2S. The predicted octanol–water partition coefficient (Wildman–Crippen LogP) is 2.29. The molecule has 0 radical (unpaired) electrons. The van der Waals surface area contributed by atoms with Crippen LogP contribution in [0.15, 0.2) is 43.0 Å². The smallest absolute Gasteiger partial charge is 0.217 e. The molecule has 3 heterocycles. The fraction of sp³-hybridized carbons (Fsp3) is 0.571. The molecule has 1 aromatic carbocycles. The lowest BCUT2D eigenvalue weighted by Crippen LogP contribution is -2.38. The lowest BCUT2D eigenvalue weighted by molar-refractivity contribution is 0.258. The molecule has 1 aliphatic carbocycles. The van der Waals surface area contributed by atoms with Crippen LogP contribution >= 0.6 is 0 Å². The molecule has 0 bridgehead atoms. The van der Waals surface area contributed by atoms with Crippen LogP contribution in [0.5, 0.6) is 0 Å². The van der Waals surface area contributed by atoms with Gasteiger partial charge in [-0.05, 0) is 42.7 Å². The first-order chi connectivity index (χ1) is 13.5. The minimum atomic E-state index is -3.18. The Morgan fingerprint density at radius 3 is 2.64 bits per heavy atom. The Hall–Kier alpha value is -1.70. The Kier molecular flexibility index (Phi) is 4.56. The predicted molar refractivity (Wildman–Crippen MR) is 108 cm³/mol. The number of nitrogens with zero attached hydrogens (tertiary/aromatic N) is 4. The van der Waals surface area contributed by atoms with E-state index >= 15 is 0 Å². The molecule has 28 heavy (non-hydrogen) atoms. The van der Waals surface area contributed by atoms with Crippen molar-refractivity contribution in [1.29, 1.82) is 0 Å². The molecule has 1 saturated carbocycles. The third-order valence-electron chi connectivity index (χ3n) is 6.71. The fourth-order valence-electron chi connectivity index (χ4n) is 5.08. The first kappa shape index (κ1) is 18.3. The van der Waals surface area contributed by atoms with Crippen LogP contribution in [0, 0.1) is 18.8 Å². The van der Waals surface area contributed by atoms with Gasteiger partial charge in [0.1, 0.15) is 0 Å². The third kappa shape index (κ3) is 3.19. The van der Waals surface area contributed by atoms with Gasteiger partial charge in [-0.25, -0.2) is 13.4 Å². The molecular weight excluding hydrogens is 372 g/mol. The van der Waals surface area contributed by atoms with Crippen LogP contribution < -0.4 is 0 Å². The molecule has 3 aliphatic rings. The second kappa shape index (κ2) is 6.97. The van der Waals surface area contributed by atoms with Gasteiger partial charge in [0.15, 0.2) is 0 Å². The number of fused-ring (bicyclic) bond motifs is 1. The Balaban J connectivity index is 1.39. The molecule has 1 aromatic heterocycles. The number of imidazole rings is 1. The van der Waals surface area contributed by atoms with Crippen molar-refractivity contribution in [3.05, 3.63) is 54.1 Å². The molecule has 2 aromatic rings. The average molecular weight is 401 g/mol. The quantitative estimate of drug-likeness (QED) is 0.747. The highest BCUT2D eigenvalue weighted by molar-refractivity contribution is 7.90. The number of hydrogen-bond donors (Lipinski definition) is 0. The van der Waals surface area contributed by atoms with E-state index in [1.54, 1.807) is 0 Å². The van der Waals surface area contributed by atoms with E-state index in [4.69, 9.17) is 0 Å². The highest BCUT2D eigenvalue weighted by atomic mass is 32.2. The van der Waals surface area contributed by atoms with Gasteiger partial charge >= 0.3 is 0 Å². The zero-order valence-electron chi connectivity index (χ0n) is 16.3. The third-order valence-corrected chi connectivity index (χ3v) is 9.05. The molecule has 0 amide bonds. The summed E-state index contributed by atoms with van der Waals surface area (Å²) < 4.78 is 30.4. The fourth-order valence-corrected chi connectivity index (χ4v) is 7.18. The Morgan fingerprint density at radius 1 is 1.11 bits per heavy atom. The highest BCUT2D eigenvalue weighted by Crippen LogP contribution is 2.49. The largest absolute Gasteiger partial charge is 0.336 e. The number of hydrogen-bond acceptors (Lipinski definition) is 4. The summed E-state index contributed by atoms with van der Waals surface area (Å²) in [6.45, 7) is 6.64.